The lowest BCUT2D eigenvalue weighted by Gasteiger charge is -2.18. The number of furan rings is 1. The van der Waals surface area contributed by atoms with Gasteiger partial charge >= 0.3 is 0 Å². The van der Waals surface area contributed by atoms with Crippen LogP contribution in [-0.2, 0) is 19.6 Å². The molecule has 0 aliphatic heterocycles. The lowest BCUT2D eigenvalue weighted by molar-refractivity contribution is 0.199. The highest BCUT2D eigenvalue weighted by molar-refractivity contribution is 5.07. The van der Waals surface area contributed by atoms with Gasteiger partial charge in [-0.2, -0.15) is 0 Å². The van der Waals surface area contributed by atoms with E-state index in [2.05, 4.69) is 29.2 Å². The van der Waals surface area contributed by atoms with E-state index in [4.69, 9.17) is 8.94 Å². The summed E-state index contributed by atoms with van der Waals surface area (Å²) in [6, 6.07) is 7.11. The quantitative estimate of drug-likeness (QED) is 0.809. The van der Waals surface area contributed by atoms with Gasteiger partial charge in [-0.3, -0.25) is 4.90 Å². The van der Waals surface area contributed by atoms with Crippen molar-refractivity contribution in [3.05, 3.63) is 41.7 Å². The summed E-state index contributed by atoms with van der Waals surface area (Å²) in [6.07, 6.45) is 4.25. The highest BCUT2D eigenvalue weighted by atomic mass is 16.5. The Morgan fingerprint density at radius 2 is 2.14 bits per heavy atom. The molecule has 2 heterocycles. The van der Waals surface area contributed by atoms with Gasteiger partial charge in [0.2, 0.25) is 0 Å². The lowest BCUT2D eigenvalue weighted by Crippen LogP contribution is -2.24. The Hall–Kier alpha value is -1.59. The zero-order valence-electron chi connectivity index (χ0n) is 12.7. The van der Waals surface area contributed by atoms with Gasteiger partial charge in [-0.25, -0.2) is 0 Å². The second-order valence-corrected chi connectivity index (χ2v) is 6.04. The van der Waals surface area contributed by atoms with Crippen molar-refractivity contribution < 1.29 is 8.94 Å². The van der Waals surface area contributed by atoms with Gasteiger partial charge in [0.1, 0.15) is 5.76 Å². The third-order valence-electron chi connectivity index (χ3n) is 3.66. The highest BCUT2D eigenvalue weighted by Crippen LogP contribution is 2.30. The Morgan fingerprint density at radius 3 is 2.81 bits per heavy atom. The minimum Gasteiger partial charge on any atom is -0.468 e. The van der Waals surface area contributed by atoms with Crippen molar-refractivity contribution in [1.29, 1.82) is 0 Å². The molecule has 0 aromatic carbocycles. The first-order valence-electron chi connectivity index (χ1n) is 7.65. The van der Waals surface area contributed by atoms with Crippen molar-refractivity contribution in [1.82, 2.24) is 15.4 Å². The van der Waals surface area contributed by atoms with Crippen LogP contribution in [0.25, 0.3) is 0 Å². The molecule has 0 spiro atoms. The zero-order valence-corrected chi connectivity index (χ0v) is 12.7. The van der Waals surface area contributed by atoms with E-state index in [-0.39, 0.29) is 0 Å². The van der Waals surface area contributed by atoms with Gasteiger partial charge in [0.15, 0.2) is 5.76 Å². The van der Waals surface area contributed by atoms with E-state index >= 15 is 0 Å². The molecule has 3 rings (SSSR count). The monoisotopic (exact) mass is 289 g/mol. The second kappa shape index (κ2) is 6.45. The van der Waals surface area contributed by atoms with Crippen molar-refractivity contribution in [2.75, 3.05) is 0 Å². The lowest BCUT2D eigenvalue weighted by atomic mass is 10.3. The molecular formula is C16H23N3O2. The maximum Gasteiger partial charge on any atom is 0.151 e. The molecule has 1 aliphatic rings. The third kappa shape index (κ3) is 4.19. The van der Waals surface area contributed by atoms with Crippen molar-refractivity contribution >= 4 is 0 Å². The van der Waals surface area contributed by atoms with Crippen LogP contribution in [0.3, 0.4) is 0 Å². The highest BCUT2D eigenvalue weighted by Gasteiger charge is 2.30. The summed E-state index contributed by atoms with van der Waals surface area (Å²) in [5, 5.41) is 7.48. The van der Waals surface area contributed by atoms with E-state index in [9.17, 15) is 0 Å². The summed E-state index contributed by atoms with van der Waals surface area (Å²) < 4.78 is 10.9. The Labute approximate surface area is 125 Å². The fourth-order valence-electron chi connectivity index (χ4n) is 2.38. The summed E-state index contributed by atoms with van der Waals surface area (Å²) in [7, 11) is 0. The molecule has 1 aliphatic carbocycles. The fourth-order valence-corrected chi connectivity index (χ4v) is 2.38. The van der Waals surface area contributed by atoms with Gasteiger partial charge in [-0.05, 0) is 25.0 Å². The van der Waals surface area contributed by atoms with Crippen molar-refractivity contribution in [3.63, 3.8) is 0 Å². The first kappa shape index (κ1) is 14.4. The predicted molar refractivity (Wildman–Crippen MR) is 79.5 cm³/mol. The van der Waals surface area contributed by atoms with Crippen LogP contribution >= 0.6 is 0 Å². The molecule has 0 bridgehead atoms. The summed E-state index contributed by atoms with van der Waals surface area (Å²) in [4.78, 5) is 2.40. The minimum absolute atomic E-state index is 0.451. The number of hydrogen-bond acceptors (Lipinski definition) is 5. The van der Waals surface area contributed by atoms with Crippen molar-refractivity contribution in [2.45, 2.75) is 58.4 Å². The van der Waals surface area contributed by atoms with Crippen LogP contribution in [0.15, 0.2) is 33.4 Å². The van der Waals surface area contributed by atoms with E-state index in [1.54, 1.807) is 6.26 Å². The molecular weight excluding hydrogens is 266 g/mol. The molecule has 114 valence electrons. The first-order valence-corrected chi connectivity index (χ1v) is 7.65. The standard InChI is InChI=1S/C16H23N3O2/c1-12(2)17-9-13-8-16(21-18-13)11-19(14-5-6-14)10-15-4-3-7-20-15/h3-4,7-8,12,14,17H,5-6,9-11H2,1-2H3. The van der Waals surface area contributed by atoms with Crippen molar-refractivity contribution in [2.24, 2.45) is 0 Å². The molecule has 0 saturated heterocycles. The first-order chi connectivity index (χ1) is 10.2. The molecule has 1 fully saturated rings. The Morgan fingerprint density at radius 1 is 1.33 bits per heavy atom. The van der Waals surface area contributed by atoms with Gasteiger partial charge in [-0.15, -0.1) is 0 Å². The normalized spacial score (nSPS) is 15.2. The summed E-state index contributed by atoms with van der Waals surface area (Å²) in [5.41, 5.74) is 0.965. The largest absolute Gasteiger partial charge is 0.468 e. The predicted octanol–water partition coefficient (Wildman–Crippen LogP) is 2.93. The van der Waals surface area contributed by atoms with Gasteiger partial charge < -0.3 is 14.3 Å². The van der Waals surface area contributed by atoms with Gasteiger partial charge in [0.25, 0.3) is 0 Å². The molecule has 2 aromatic heterocycles. The van der Waals surface area contributed by atoms with E-state index in [1.807, 2.05) is 18.2 Å². The smallest absolute Gasteiger partial charge is 0.151 e. The number of aromatic nitrogens is 1. The average Bonchev–Trinajstić information content (AvgIpc) is 2.99. The number of hydrogen-bond donors (Lipinski definition) is 1. The van der Waals surface area contributed by atoms with Crippen LogP contribution in [0.4, 0.5) is 0 Å². The van der Waals surface area contributed by atoms with Crippen molar-refractivity contribution in [3.8, 4) is 0 Å². The summed E-state index contributed by atoms with van der Waals surface area (Å²) in [6.45, 7) is 6.62. The molecule has 5 nitrogen and oxygen atoms in total. The Kier molecular flexibility index (Phi) is 4.41. The molecule has 0 atom stereocenters. The molecule has 0 amide bonds. The van der Waals surface area contributed by atoms with Gasteiger partial charge in [0, 0.05) is 24.7 Å². The molecule has 1 saturated carbocycles. The average molecular weight is 289 g/mol. The number of nitrogens with zero attached hydrogens (tertiary/aromatic N) is 2. The van der Waals surface area contributed by atoms with E-state index in [0.29, 0.717) is 12.1 Å². The molecule has 0 radical (unpaired) electrons. The zero-order chi connectivity index (χ0) is 14.7. The van der Waals surface area contributed by atoms with Crippen LogP contribution in [0.1, 0.15) is 43.9 Å². The molecule has 21 heavy (non-hydrogen) atoms. The topological polar surface area (TPSA) is 54.4 Å². The number of nitrogens with one attached hydrogen (secondary N) is 1. The molecule has 1 N–H and O–H groups in total. The van der Waals surface area contributed by atoms with Gasteiger partial charge in [0.05, 0.1) is 25.0 Å². The Balaban J connectivity index is 1.58. The Bertz CT molecular complexity index is 544. The van der Waals surface area contributed by atoms with Crippen LogP contribution in [-0.4, -0.2) is 22.1 Å². The summed E-state index contributed by atoms with van der Waals surface area (Å²) >= 11 is 0. The molecule has 2 aromatic rings. The van der Waals surface area contributed by atoms with Crippen LogP contribution in [0.5, 0.6) is 0 Å². The van der Waals surface area contributed by atoms with Crippen LogP contribution in [0, 0.1) is 0 Å². The molecule has 0 unspecified atom stereocenters. The van der Waals surface area contributed by atoms with Crippen LogP contribution < -0.4 is 5.32 Å². The third-order valence-corrected chi connectivity index (χ3v) is 3.66. The van der Waals surface area contributed by atoms with Crippen LogP contribution in [0.2, 0.25) is 0 Å². The second-order valence-electron chi connectivity index (χ2n) is 6.04. The molecule has 5 heteroatoms. The maximum absolute atomic E-state index is 5.46. The van der Waals surface area contributed by atoms with E-state index in [0.717, 1.165) is 36.8 Å². The fraction of sp³-hybridized carbons (Fsp3) is 0.562. The summed E-state index contributed by atoms with van der Waals surface area (Å²) in [5.74, 6) is 1.93. The van der Waals surface area contributed by atoms with E-state index < -0.39 is 0 Å². The SMILES string of the molecule is CC(C)NCc1cc(CN(Cc2ccco2)C2CC2)on1. The van der Waals surface area contributed by atoms with Gasteiger partial charge in [-0.1, -0.05) is 19.0 Å². The number of rotatable bonds is 8. The maximum atomic E-state index is 5.46. The van der Waals surface area contributed by atoms with E-state index in [1.165, 1.54) is 12.8 Å². The minimum atomic E-state index is 0.451.